The number of ether oxygens (including phenoxy) is 1. The van der Waals surface area contributed by atoms with E-state index in [0.717, 1.165) is 22.0 Å². The fourth-order valence-corrected chi connectivity index (χ4v) is 3.55. The van der Waals surface area contributed by atoms with E-state index in [0.29, 0.717) is 22.8 Å². The van der Waals surface area contributed by atoms with E-state index >= 15 is 0 Å². The van der Waals surface area contributed by atoms with E-state index in [4.69, 9.17) is 9.84 Å². The van der Waals surface area contributed by atoms with Crippen LogP contribution in [0.5, 0.6) is 5.75 Å². The number of nitrogens with one attached hydrogen (secondary N) is 1. The normalized spacial score (nSPS) is 11.0. The third kappa shape index (κ3) is 3.46. The standard InChI is InChI=1S/C24H19N5O2/c1-31-18-13-11-17(12-14-18)24(30)25-15-21-26-27-23-20-10-6-5-9-19(20)22(28-29(21)23)16-7-3-2-4-8-16/h2-14H,15H2,1H3,(H,25,30). The third-order valence-electron chi connectivity index (χ3n) is 5.13. The Hall–Kier alpha value is -4.26. The zero-order chi connectivity index (χ0) is 21.2. The van der Waals surface area contributed by atoms with Gasteiger partial charge < -0.3 is 10.1 Å². The van der Waals surface area contributed by atoms with Crippen LogP contribution in [0.1, 0.15) is 16.2 Å². The van der Waals surface area contributed by atoms with Gasteiger partial charge in [-0.25, -0.2) is 0 Å². The lowest BCUT2D eigenvalue weighted by molar-refractivity contribution is 0.0949. The number of carbonyl (C=O) groups is 1. The minimum Gasteiger partial charge on any atom is -0.497 e. The number of rotatable bonds is 5. The van der Waals surface area contributed by atoms with Crippen molar-refractivity contribution in [2.45, 2.75) is 6.54 Å². The first-order valence-electron chi connectivity index (χ1n) is 9.85. The molecule has 2 heterocycles. The fourth-order valence-electron chi connectivity index (χ4n) is 3.55. The van der Waals surface area contributed by atoms with Crippen molar-refractivity contribution < 1.29 is 9.53 Å². The first-order chi connectivity index (χ1) is 15.2. The SMILES string of the molecule is COc1ccc(C(=O)NCc2nnc3c4ccccc4c(-c4ccccc4)nn23)cc1. The highest BCUT2D eigenvalue weighted by Crippen LogP contribution is 2.28. The predicted octanol–water partition coefficient (Wildman–Crippen LogP) is 3.88. The molecular weight excluding hydrogens is 390 g/mol. The van der Waals surface area contributed by atoms with Gasteiger partial charge in [0.2, 0.25) is 0 Å². The zero-order valence-corrected chi connectivity index (χ0v) is 16.8. The second-order valence-corrected chi connectivity index (χ2v) is 7.02. The van der Waals surface area contributed by atoms with Crippen LogP contribution in [0.4, 0.5) is 0 Å². The van der Waals surface area contributed by atoms with Crippen LogP contribution >= 0.6 is 0 Å². The lowest BCUT2D eigenvalue weighted by atomic mass is 10.1. The molecule has 0 saturated heterocycles. The Morgan fingerprint density at radius 3 is 2.35 bits per heavy atom. The molecule has 0 fully saturated rings. The minimum atomic E-state index is -0.205. The average Bonchev–Trinajstić information content (AvgIpc) is 3.25. The molecule has 0 radical (unpaired) electrons. The van der Waals surface area contributed by atoms with Crippen molar-refractivity contribution in [1.29, 1.82) is 0 Å². The monoisotopic (exact) mass is 409 g/mol. The molecule has 0 atom stereocenters. The Morgan fingerprint density at radius 2 is 1.61 bits per heavy atom. The van der Waals surface area contributed by atoms with Gasteiger partial charge in [-0.1, -0.05) is 54.6 Å². The maximum absolute atomic E-state index is 12.5. The largest absolute Gasteiger partial charge is 0.497 e. The Bertz CT molecular complexity index is 1380. The maximum Gasteiger partial charge on any atom is 0.251 e. The van der Waals surface area contributed by atoms with Crippen molar-refractivity contribution in [2.24, 2.45) is 0 Å². The van der Waals surface area contributed by atoms with Crippen molar-refractivity contribution in [1.82, 2.24) is 25.1 Å². The van der Waals surface area contributed by atoms with Gasteiger partial charge in [-0.2, -0.15) is 9.61 Å². The van der Waals surface area contributed by atoms with Gasteiger partial charge in [0.15, 0.2) is 11.5 Å². The maximum atomic E-state index is 12.5. The van der Waals surface area contributed by atoms with Gasteiger partial charge in [-0.05, 0) is 24.3 Å². The molecule has 1 N–H and O–H groups in total. The Balaban J connectivity index is 1.51. The number of methoxy groups -OCH3 is 1. The van der Waals surface area contributed by atoms with E-state index in [-0.39, 0.29) is 12.5 Å². The van der Waals surface area contributed by atoms with Crippen LogP contribution in [-0.4, -0.2) is 32.8 Å². The van der Waals surface area contributed by atoms with Crippen LogP contribution in [0.3, 0.4) is 0 Å². The first-order valence-corrected chi connectivity index (χ1v) is 9.85. The van der Waals surface area contributed by atoms with Gasteiger partial charge in [0.1, 0.15) is 5.75 Å². The van der Waals surface area contributed by atoms with E-state index in [2.05, 4.69) is 15.5 Å². The van der Waals surface area contributed by atoms with Gasteiger partial charge in [0.05, 0.1) is 19.3 Å². The summed E-state index contributed by atoms with van der Waals surface area (Å²) in [5.41, 5.74) is 3.04. The molecule has 0 aliphatic carbocycles. The van der Waals surface area contributed by atoms with E-state index in [1.807, 2.05) is 54.6 Å². The Morgan fingerprint density at radius 1 is 0.903 bits per heavy atom. The molecule has 0 spiro atoms. The van der Waals surface area contributed by atoms with Gasteiger partial charge in [0, 0.05) is 21.9 Å². The fraction of sp³-hybridized carbons (Fsp3) is 0.0833. The van der Waals surface area contributed by atoms with Crippen LogP contribution in [-0.2, 0) is 6.54 Å². The highest BCUT2D eigenvalue weighted by Gasteiger charge is 2.16. The average molecular weight is 409 g/mol. The molecule has 0 unspecified atom stereocenters. The molecule has 0 aliphatic rings. The summed E-state index contributed by atoms with van der Waals surface area (Å²) in [6, 6.07) is 24.9. The van der Waals surface area contributed by atoms with Crippen molar-refractivity contribution in [3.8, 4) is 17.0 Å². The van der Waals surface area contributed by atoms with Crippen LogP contribution in [0.15, 0.2) is 78.9 Å². The molecular formula is C24H19N5O2. The molecule has 0 bridgehead atoms. The summed E-state index contributed by atoms with van der Waals surface area (Å²) in [6.07, 6.45) is 0. The summed E-state index contributed by atoms with van der Waals surface area (Å²) in [7, 11) is 1.59. The number of nitrogens with zero attached hydrogens (tertiary/aromatic N) is 4. The summed E-state index contributed by atoms with van der Waals surface area (Å²) in [4.78, 5) is 12.5. The van der Waals surface area contributed by atoms with Gasteiger partial charge in [-0.3, -0.25) is 4.79 Å². The quantitative estimate of drug-likeness (QED) is 0.476. The second-order valence-electron chi connectivity index (χ2n) is 7.02. The molecule has 0 aliphatic heterocycles. The van der Waals surface area contributed by atoms with Crippen LogP contribution in [0, 0.1) is 0 Å². The number of aromatic nitrogens is 4. The molecule has 0 saturated carbocycles. The lowest BCUT2D eigenvalue weighted by Crippen LogP contribution is -2.24. The molecule has 3 aromatic carbocycles. The number of fused-ring (bicyclic) bond motifs is 3. The Labute approximate surface area is 178 Å². The van der Waals surface area contributed by atoms with Gasteiger partial charge in [0.25, 0.3) is 5.91 Å². The van der Waals surface area contributed by atoms with Crippen molar-refractivity contribution in [2.75, 3.05) is 7.11 Å². The van der Waals surface area contributed by atoms with Crippen molar-refractivity contribution in [3.05, 3.63) is 90.3 Å². The number of hydrogen-bond acceptors (Lipinski definition) is 5. The highest BCUT2D eigenvalue weighted by molar-refractivity contribution is 6.01. The lowest BCUT2D eigenvalue weighted by Gasteiger charge is -2.09. The zero-order valence-electron chi connectivity index (χ0n) is 16.8. The number of benzene rings is 3. The third-order valence-corrected chi connectivity index (χ3v) is 5.13. The van der Waals surface area contributed by atoms with E-state index in [1.54, 1.807) is 35.9 Å². The number of amides is 1. The topological polar surface area (TPSA) is 81.4 Å². The number of hydrogen-bond donors (Lipinski definition) is 1. The predicted molar refractivity (Wildman–Crippen MR) is 118 cm³/mol. The smallest absolute Gasteiger partial charge is 0.251 e. The van der Waals surface area contributed by atoms with Crippen molar-refractivity contribution in [3.63, 3.8) is 0 Å². The van der Waals surface area contributed by atoms with Crippen LogP contribution in [0.25, 0.3) is 27.7 Å². The summed E-state index contributed by atoms with van der Waals surface area (Å²) >= 11 is 0. The summed E-state index contributed by atoms with van der Waals surface area (Å²) in [6.45, 7) is 0.200. The molecule has 152 valence electrons. The van der Waals surface area contributed by atoms with Gasteiger partial charge >= 0.3 is 0 Å². The molecule has 7 nitrogen and oxygen atoms in total. The van der Waals surface area contributed by atoms with Crippen LogP contribution < -0.4 is 10.1 Å². The molecule has 2 aromatic heterocycles. The molecule has 1 amide bonds. The van der Waals surface area contributed by atoms with Crippen LogP contribution in [0.2, 0.25) is 0 Å². The summed E-state index contributed by atoms with van der Waals surface area (Å²) < 4.78 is 6.84. The summed E-state index contributed by atoms with van der Waals surface area (Å²) in [5, 5.41) is 18.3. The van der Waals surface area contributed by atoms with Crippen molar-refractivity contribution >= 4 is 22.3 Å². The van der Waals surface area contributed by atoms with E-state index in [9.17, 15) is 4.79 Å². The molecule has 31 heavy (non-hydrogen) atoms. The molecule has 5 rings (SSSR count). The summed E-state index contributed by atoms with van der Waals surface area (Å²) in [5.74, 6) is 1.05. The second kappa shape index (κ2) is 7.87. The number of carbonyl (C=O) groups excluding carboxylic acids is 1. The van der Waals surface area contributed by atoms with E-state index < -0.39 is 0 Å². The Kier molecular flexibility index (Phi) is 4.76. The molecule has 7 heteroatoms. The van der Waals surface area contributed by atoms with Gasteiger partial charge in [-0.15, -0.1) is 10.2 Å². The van der Waals surface area contributed by atoms with E-state index in [1.165, 1.54) is 0 Å². The first kappa shape index (κ1) is 18.7. The highest BCUT2D eigenvalue weighted by atomic mass is 16.5. The molecule has 5 aromatic rings. The minimum absolute atomic E-state index is 0.200.